The predicted molar refractivity (Wildman–Crippen MR) is 95.9 cm³/mol. The van der Waals surface area contributed by atoms with Gasteiger partial charge in [0, 0.05) is 22.5 Å². The van der Waals surface area contributed by atoms with Gasteiger partial charge in [0.05, 0.1) is 5.69 Å². The van der Waals surface area contributed by atoms with Crippen molar-refractivity contribution in [3.63, 3.8) is 0 Å². The number of carbonyl (C=O) groups excluding carboxylic acids is 2. The van der Waals surface area contributed by atoms with E-state index in [0.717, 1.165) is 15.6 Å². The molecule has 0 aromatic heterocycles. The van der Waals surface area contributed by atoms with E-state index < -0.39 is 0 Å². The molecule has 7 heteroatoms. The zero-order valence-corrected chi connectivity index (χ0v) is 14.8. The maximum atomic E-state index is 11.6. The zero-order valence-electron chi connectivity index (χ0n) is 13.3. The van der Waals surface area contributed by atoms with Crippen LogP contribution in [0.15, 0.2) is 53.0 Å². The molecule has 0 aliphatic carbocycles. The summed E-state index contributed by atoms with van der Waals surface area (Å²) in [5, 5.41) is 4.73. The molecule has 0 bridgehead atoms. The molecule has 0 unspecified atom stereocenters. The van der Waals surface area contributed by atoms with E-state index in [1.807, 2.05) is 53.8 Å². The molecular formula is C17H20BrN4O2+. The lowest BCUT2D eigenvalue weighted by Gasteiger charge is -2.20. The smallest absolute Gasteiger partial charge is 0.288 e. The van der Waals surface area contributed by atoms with Gasteiger partial charge < -0.3 is 10.6 Å². The van der Waals surface area contributed by atoms with Gasteiger partial charge in [0.1, 0.15) is 6.04 Å². The van der Waals surface area contributed by atoms with Crippen molar-refractivity contribution in [1.29, 1.82) is 0 Å². The highest BCUT2D eigenvalue weighted by Crippen LogP contribution is 2.29. The third-order valence-corrected chi connectivity index (χ3v) is 4.01. The van der Waals surface area contributed by atoms with Crippen LogP contribution in [-0.4, -0.2) is 18.4 Å². The van der Waals surface area contributed by atoms with Crippen molar-refractivity contribution in [2.24, 2.45) is 5.84 Å². The Bertz CT molecular complexity index is 722. The van der Waals surface area contributed by atoms with Crippen molar-refractivity contribution >= 4 is 33.4 Å². The van der Waals surface area contributed by atoms with Gasteiger partial charge in [-0.3, -0.25) is 15.0 Å². The molecule has 0 heterocycles. The fraction of sp³-hybridized carbons (Fsp3) is 0.176. The van der Waals surface area contributed by atoms with Gasteiger partial charge in [-0.15, -0.1) is 0 Å². The van der Waals surface area contributed by atoms with Gasteiger partial charge in [0.25, 0.3) is 5.91 Å². The first-order chi connectivity index (χ1) is 11.5. The minimum Gasteiger partial charge on any atom is -0.328 e. The van der Waals surface area contributed by atoms with Crippen LogP contribution in [0, 0.1) is 0 Å². The second-order valence-electron chi connectivity index (χ2n) is 5.31. The summed E-state index contributed by atoms with van der Waals surface area (Å²) >= 11 is 3.47. The second kappa shape index (κ2) is 8.58. The minimum atomic E-state index is -0.271. The quantitative estimate of drug-likeness (QED) is 0.336. The Hall–Kier alpha value is -2.22. The van der Waals surface area contributed by atoms with Gasteiger partial charge in [-0.05, 0) is 18.2 Å². The van der Waals surface area contributed by atoms with Crippen LogP contribution in [0.1, 0.15) is 24.1 Å². The average molecular weight is 392 g/mol. The maximum Gasteiger partial charge on any atom is 0.288 e. The SMILES string of the molecule is CC(=O)Nc1ccc(Br)cc1[C@H]([NH2+]CC(=O)NN)c1ccccc1. The number of quaternary nitrogens is 1. The first kappa shape index (κ1) is 18.1. The fourth-order valence-corrected chi connectivity index (χ4v) is 2.86. The molecule has 0 spiro atoms. The number of carbonyl (C=O) groups is 2. The lowest BCUT2D eigenvalue weighted by molar-refractivity contribution is -0.676. The first-order valence-electron chi connectivity index (χ1n) is 7.46. The monoisotopic (exact) mass is 391 g/mol. The van der Waals surface area contributed by atoms with Crippen LogP contribution in [0.3, 0.4) is 0 Å². The average Bonchev–Trinajstić information content (AvgIpc) is 2.57. The van der Waals surface area contributed by atoms with Gasteiger partial charge >= 0.3 is 0 Å². The molecule has 0 saturated heterocycles. The van der Waals surface area contributed by atoms with Gasteiger partial charge in [0.2, 0.25) is 5.91 Å². The number of hydrogen-bond donors (Lipinski definition) is 4. The summed E-state index contributed by atoms with van der Waals surface area (Å²) in [6.07, 6.45) is 0. The Morgan fingerprint density at radius 3 is 2.54 bits per heavy atom. The number of hydrazine groups is 1. The van der Waals surface area contributed by atoms with Crippen LogP contribution < -0.4 is 21.9 Å². The number of halogens is 1. The number of rotatable bonds is 6. The van der Waals surface area contributed by atoms with Crippen molar-refractivity contribution < 1.29 is 14.9 Å². The van der Waals surface area contributed by atoms with Crippen LogP contribution in [0.25, 0.3) is 0 Å². The summed E-state index contributed by atoms with van der Waals surface area (Å²) in [6.45, 7) is 1.64. The number of nitrogens with two attached hydrogens (primary N) is 2. The first-order valence-corrected chi connectivity index (χ1v) is 8.25. The molecule has 0 radical (unpaired) electrons. The normalized spacial score (nSPS) is 11.6. The Balaban J connectivity index is 2.44. The molecule has 2 rings (SSSR count). The summed E-state index contributed by atoms with van der Waals surface area (Å²) < 4.78 is 0.893. The molecule has 0 aliphatic heterocycles. The van der Waals surface area contributed by atoms with Crippen molar-refractivity contribution in [3.8, 4) is 0 Å². The summed E-state index contributed by atoms with van der Waals surface area (Å²) in [5.41, 5.74) is 4.76. The topological polar surface area (TPSA) is 101 Å². The van der Waals surface area contributed by atoms with Crippen LogP contribution in [0.4, 0.5) is 5.69 Å². The minimum absolute atomic E-state index is 0.148. The number of hydrogen-bond acceptors (Lipinski definition) is 3. The van der Waals surface area contributed by atoms with E-state index in [0.29, 0.717) is 5.69 Å². The van der Waals surface area contributed by atoms with Crippen LogP contribution in [-0.2, 0) is 9.59 Å². The standard InChI is InChI=1S/C17H19BrN4O2/c1-11(23)21-15-8-7-13(18)9-14(15)17(20-10-16(24)22-19)12-5-3-2-4-6-12/h2-9,17,20H,10,19H2,1H3,(H,21,23)(H,22,24)/p+1/t17-/m1/s1. The Kier molecular flexibility index (Phi) is 6.48. The molecule has 2 amide bonds. The number of nitrogens with one attached hydrogen (secondary N) is 2. The van der Waals surface area contributed by atoms with E-state index in [2.05, 4.69) is 26.7 Å². The zero-order chi connectivity index (χ0) is 17.5. The largest absolute Gasteiger partial charge is 0.328 e. The summed E-state index contributed by atoms with van der Waals surface area (Å²) in [5.74, 6) is 4.75. The number of benzene rings is 2. The van der Waals surface area contributed by atoms with E-state index in [9.17, 15) is 9.59 Å². The molecular weight excluding hydrogens is 372 g/mol. The van der Waals surface area contributed by atoms with Crippen molar-refractivity contribution in [1.82, 2.24) is 5.43 Å². The summed E-state index contributed by atoms with van der Waals surface area (Å²) in [6, 6.07) is 15.3. The highest BCUT2D eigenvalue weighted by atomic mass is 79.9. The molecule has 2 aromatic rings. The Morgan fingerprint density at radius 2 is 1.92 bits per heavy atom. The molecule has 126 valence electrons. The molecule has 6 nitrogen and oxygen atoms in total. The fourth-order valence-electron chi connectivity index (χ4n) is 2.48. The van der Waals surface area contributed by atoms with Crippen molar-refractivity contribution in [2.75, 3.05) is 11.9 Å². The van der Waals surface area contributed by atoms with E-state index in [-0.39, 0.29) is 24.4 Å². The van der Waals surface area contributed by atoms with E-state index in [1.54, 1.807) is 0 Å². The Labute approximate surface area is 148 Å². The second-order valence-corrected chi connectivity index (χ2v) is 6.22. The summed E-state index contributed by atoms with van der Waals surface area (Å²) in [4.78, 5) is 23.1. The van der Waals surface area contributed by atoms with E-state index >= 15 is 0 Å². The van der Waals surface area contributed by atoms with Gasteiger partial charge in [0.15, 0.2) is 6.54 Å². The lowest BCUT2D eigenvalue weighted by atomic mass is 9.97. The van der Waals surface area contributed by atoms with E-state index in [1.165, 1.54) is 6.92 Å². The predicted octanol–water partition coefficient (Wildman–Crippen LogP) is 1.05. The van der Waals surface area contributed by atoms with E-state index in [4.69, 9.17) is 5.84 Å². The Morgan fingerprint density at radius 1 is 1.21 bits per heavy atom. The lowest BCUT2D eigenvalue weighted by Crippen LogP contribution is -2.88. The van der Waals surface area contributed by atoms with Gasteiger partial charge in [-0.1, -0.05) is 46.3 Å². The highest BCUT2D eigenvalue weighted by Gasteiger charge is 2.22. The van der Waals surface area contributed by atoms with Crippen molar-refractivity contribution in [2.45, 2.75) is 13.0 Å². The van der Waals surface area contributed by atoms with Crippen LogP contribution >= 0.6 is 15.9 Å². The molecule has 2 aromatic carbocycles. The van der Waals surface area contributed by atoms with Crippen LogP contribution in [0.5, 0.6) is 0 Å². The number of anilines is 1. The third-order valence-electron chi connectivity index (χ3n) is 3.52. The molecule has 24 heavy (non-hydrogen) atoms. The van der Waals surface area contributed by atoms with Gasteiger partial charge in [-0.25, -0.2) is 5.84 Å². The molecule has 1 atom stereocenters. The van der Waals surface area contributed by atoms with Crippen molar-refractivity contribution in [3.05, 3.63) is 64.1 Å². The molecule has 0 aliphatic rings. The molecule has 0 fully saturated rings. The number of amides is 2. The van der Waals surface area contributed by atoms with Crippen LogP contribution in [0.2, 0.25) is 0 Å². The molecule has 0 saturated carbocycles. The summed E-state index contributed by atoms with van der Waals surface area (Å²) in [7, 11) is 0. The molecule has 6 N–H and O–H groups in total. The maximum absolute atomic E-state index is 11.6. The highest BCUT2D eigenvalue weighted by molar-refractivity contribution is 9.10. The third kappa shape index (κ3) is 4.89. The van der Waals surface area contributed by atoms with Gasteiger partial charge in [-0.2, -0.15) is 0 Å².